The molecule has 29 heavy (non-hydrogen) atoms. The van der Waals surface area contributed by atoms with Gasteiger partial charge < -0.3 is 10.1 Å². The van der Waals surface area contributed by atoms with E-state index in [0.29, 0.717) is 11.1 Å². The summed E-state index contributed by atoms with van der Waals surface area (Å²) in [5.74, 6) is -1.90. The normalized spacial score (nSPS) is 12.2. The zero-order chi connectivity index (χ0) is 21.1. The fourth-order valence-corrected chi connectivity index (χ4v) is 3.11. The first-order valence-electron chi connectivity index (χ1n) is 8.64. The van der Waals surface area contributed by atoms with Gasteiger partial charge in [0.15, 0.2) is 0 Å². The van der Waals surface area contributed by atoms with Crippen molar-refractivity contribution >= 4 is 24.1 Å². The molecule has 146 valence electrons. The van der Waals surface area contributed by atoms with Gasteiger partial charge in [0, 0.05) is 11.1 Å². The molecule has 2 aromatic rings. The Kier molecular flexibility index (Phi) is 5.40. The van der Waals surface area contributed by atoms with Gasteiger partial charge in [0.2, 0.25) is 0 Å². The summed E-state index contributed by atoms with van der Waals surface area (Å²) < 4.78 is 4.49. The Morgan fingerprint density at radius 1 is 1.14 bits per heavy atom. The van der Waals surface area contributed by atoms with Gasteiger partial charge in [-0.15, -0.1) is 0 Å². The molecule has 0 atom stereocenters. The van der Waals surface area contributed by atoms with Crippen LogP contribution in [0.5, 0.6) is 0 Å². The Morgan fingerprint density at radius 2 is 1.83 bits per heavy atom. The Labute approximate surface area is 167 Å². The lowest BCUT2D eigenvalue weighted by Gasteiger charge is -2.18. The average Bonchev–Trinajstić information content (AvgIpc) is 3.09. The summed E-state index contributed by atoms with van der Waals surface area (Å²) in [6, 6.07) is 12.3. The van der Waals surface area contributed by atoms with Gasteiger partial charge >= 0.3 is 5.97 Å². The molecule has 2 amide bonds. The Balaban J connectivity index is 1.88. The van der Waals surface area contributed by atoms with Gasteiger partial charge in [-0.1, -0.05) is 43.5 Å². The van der Waals surface area contributed by atoms with E-state index in [0.717, 1.165) is 30.1 Å². The monoisotopic (exact) mass is 390 g/mol. The highest BCUT2D eigenvalue weighted by Gasteiger charge is 2.33. The van der Waals surface area contributed by atoms with Crippen LogP contribution in [0.4, 0.5) is 0 Å². The highest BCUT2D eigenvalue weighted by atomic mass is 16.5. The molecule has 1 aliphatic rings. The SMILES string of the molecule is C=C(NC(=O)C(=C)N1Cc2c(cccc2-c2cccc(C=O)c2)C1=O)C(=O)OC. The van der Waals surface area contributed by atoms with Crippen LogP contribution >= 0.6 is 0 Å². The third-order valence-corrected chi connectivity index (χ3v) is 4.59. The van der Waals surface area contributed by atoms with Gasteiger partial charge in [0.1, 0.15) is 17.7 Å². The molecule has 0 unspecified atom stereocenters. The molecule has 1 N–H and O–H groups in total. The minimum absolute atomic E-state index is 0.121. The van der Waals surface area contributed by atoms with Crippen LogP contribution in [-0.4, -0.2) is 36.1 Å². The van der Waals surface area contributed by atoms with Crippen LogP contribution in [0.15, 0.2) is 67.0 Å². The molecule has 3 rings (SSSR count). The van der Waals surface area contributed by atoms with E-state index in [1.54, 1.807) is 30.3 Å². The maximum atomic E-state index is 12.8. The number of esters is 1. The molecule has 0 spiro atoms. The summed E-state index contributed by atoms with van der Waals surface area (Å²) in [7, 11) is 1.16. The van der Waals surface area contributed by atoms with Crippen LogP contribution in [0, 0.1) is 0 Å². The molecule has 0 aliphatic carbocycles. The fourth-order valence-electron chi connectivity index (χ4n) is 3.11. The maximum Gasteiger partial charge on any atom is 0.353 e. The number of carbonyl (C=O) groups excluding carboxylic acids is 4. The minimum Gasteiger partial charge on any atom is -0.464 e. The summed E-state index contributed by atoms with van der Waals surface area (Å²) in [6.45, 7) is 7.25. The van der Waals surface area contributed by atoms with E-state index in [1.165, 1.54) is 4.90 Å². The molecule has 0 saturated heterocycles. The van der Waals surface area contributed by atoms with Crippen molar-refractivity contribution in [3.63, 3.8) is 0 Å². The molecule has 1 heterocycles. The van der Waals surface area contributed by atoms with Crippen molar-refractivity contribution in [3.8, 4) is 11.1 Å². The number of methoxy groups -OCH3 is 1. The zero-order valence-corrected chi connectivity index (χ0v) is 15.7. The Morgan fingerprint density at radius 3 is 2.52 bits per heavy atom. The van der Waals surface area contributed by atoms with Crippen LogP contribution in [0.3, 0.4) is 0 Å². The quantitative estimate of drug-likeness (QED) is 0.465. The van der Waals surface area contributed by atoms with Crippen molar-refractivity contribution in [1.82, 2.24) is 10.2 Å². The first-order chi connectivity index (χ1) is 13.9. The summed E-state index contributed by atoms with van der Waals surface area (Å²) in [5.41, 5.74) is 2.88. The number of carbonyl (C=O) groups is 4. The lowest BCUT2D eigenvalue weighted by Crippen LogP contribution is -2.36. The molecular formula is C22H18N2O5. The maximum absolute atomic E-state index is 12.8. The van der Waals surface area contributed by atoms with E-state index in [4.69, 9.17) is 0 Å². The zero-order valence-electron chi connectivity index (χ0n) is 15.7. The Hall–Kier alpha value is -4.00. The van der Waals surface area contributed by atoms with Gasteiger partial charge in [0.05, 0.1) is 13.7 Å². The third-order valence-electron chi connectivity index (χ3n) is 4.59. The van der Waals surface area contributed by atoms with E-state index in [2.05, 4.69) is 23.2 Å². The smallest absolute Gasteiger partial charge is 0.353 e. The molecule has 0 saturated carbocycles. The number of rotatable bonds is 6. The number of aldehydes is 1. The number of amides is 2. The molecule has 0 aromatic heterocycles. The predicted octanol–water partition coefficient (Wildman–Crippen LogP) is 2.44. The van der Waals surface area contributed by atoms with E-state index in [-0.39, 0.29) is 23.8 Å². The standard InChI is InChI=1S/C22H18N2O5/c1-13(22(28)29-3)23-20(26)14(2)24-11-19-17(8-5-9-18(19)21(24)27)16-7-4-6-15(10-16)12-25/h4-10,12H,1-2,11H2,3H3,(H,23,26). The highest BCUT2D eigenvalue weighted by molar-refractivity contribution is 6.07. The molecule has 0 fully saturated rings. The van der Waals surface area contributed by atoms with Gasteiger partial charge in [-0.05, 0) is 28.8 Å². The summed E-state index contributed by atoms with van der Waals surface area (Å²) in [4.78, 5) is 49.0. The molecule has 0 bridgehead atoms. The highest BCUT2D eigenvalue weighted by Crippen LogP contribution is 2.34. The number of nitrogens with one attached hydrogen (secondary N) is 1. The lowest BCUT2D eigenvalue weighted by atomic mass is 9.96. The van der Waals surface area contributed by atoms with Crippen LogP contribution in [0.1, 0.15) is 26.3 Å². The number of hydrogen-bond donors (Lipinski definition) is 1. The number of nitrogens with zero attached hydrogens (tertiary/aromatic N) is 1. The minimum atomic E-state index is -0.792. The first-order valence-corrected chi connectivity index (χ1v) is 8.64. The summed E-state index contributed by atoms with van der Waals surface area (Å²) in [6.07, 6.45) is 0.754. The predicted molar refractivity (Wildman–Crippen MR) is 106 cm³/mol. The van der Waals surface area contributed by atoms with Crippen molar-refractivity contribution in [1.29, 1.82) is 0 Å². The van der Waals surface area contributed by atoms with Gasteiger partial charge in [-0.25, -0.2) is 4.79 Å². The number of benzene rings is 2. The fraction of sp³-hybridized carbons (Fsp3) is 0.0909. The molecule has 1 aliphatic heterocycles. The van der Waals surface area contributed by atoms with Crippen molar-refractivity contribution in [3.05, 3.63) is 83.7 Å². The molecule has 7 nitrogen and oxygen atoms in total. The second-order valence-electron chi connectivity index (χ2n) is 6.34. The van der Waals surface area contributed by atoms with Crippen LogP contribution in [0.25, 0.3) is 11.1 Å². The topological polar surface area (TPSA) is 92.8 Å². The van der Waals surface area contributed by atoms with Crippen molar-refractivity contribution in [2.75, 3.05) is 7.11 Å². The summed E-state index contributed by atoms with van der Waals surface area (Å²) in [5, 5.41) is 2.28. The molecule has 2 aromatic carbocycles. The van der Waals surface area contributed by atoms with Gasteiger partial charge in [-0.2, -0.15) is 0 Å². The van der Waals surface area contributed by atoms with Crippen LogP contribution in [-0.2, 0) is 20.9 Å². The first kappa shape index (κ1) is 19.8. The van der Waals surface area contributed by atoms with Gasteiger partial charge in [0.25, 0.3) is 11.8 Å². The number of hydrogen-bond acceptors (Lipinski definition) is 5. The Bertz CT molecular complexity index is 1070. The molecule has 0 radical (unpaired) electrons. The molecule has 7 heteroatoms. The van der Waals surface area contributed by atoms with Crippen molar-refractivity contribution < 1.29 is 23.9 Å². The average molecular weight is 390 g/mol. The van der Waals surface area contributed by atoms with E-state index >= 15 is 0 Å². The second kappa shape index (κ2) is 7.93. The van der Waals surface area contributed by atoms with Crippen molar-refractivity contribution in [2.24, 2.45) is 0 Å². The lowest BCUT2D eigenvalue weighted by molar-refractivity contribution is -0.137. The number of fused-ring (bicyclic) bond motifs is 1. The van der Waals surface area contributed by atoms with Crippen LogP contribution in [0.2, 0.25) is 0 Å². The summed E-state index contributed by atoms with van der Waals surface area (Å²) >= 11 is 0. The van der Waals surface area contributed by atoms with Crippen LogP contribution < -0.4 is 5.32 Å². The molecular weight excluding hydrogens is 372 g/mol. The third kappa shape index (κ3) is 3.70. The van der Waals surface area contributed by atoms with E-state index < -0.39 is 11.9 Å². The largest absolute Gasteiger partial charge is 0.464 e. The van der Waals surface area contributed by atoms with Gasteiger partial charge in [-0.3, -0.25) is 19.3 Å². The van der Waals surface area contributed by atoms with E-state index in [1.807, 2.05) is 12.1 Å². The van der Waals surface area contributed by atoms with E-state index in [9.17, 15) is 19.2 Å². The number of ether oxygens (including phenoxy) is 1. The van der Waals surface area contributed by atoms with Crippen molar-refractivity contribution in [2.45, 2.75) is 6.54 Å². The second-order valence-corrected chi connectivity index (χ2v) is 6.34.